The minimum atomic E-state index is -1.96. The molecule has 0 saturated carbocycles. The summed E-state index contributed by atoms with van der Waals surface area (Å²) < 4.78 is 32.4. The Morgan fingerprint density at radius 3 is 0.507 bits per heavy atom. The van der Waals surface area contributed by atoms with Gasteiger partial charge < -0.3 is 56.7 Å². The molecule has 0 aliphatic heterocycles. The quantitative estimate of drug-likeness (QED) is 0.0191. The molecule has 22 nitrogen and oxygen atoms in total. The number of ether oxygens (including phenoxy) is 4. The predicted octanol–water partition coefficient (Wildman–Crippen LogP) is 23.6. The van der Waals surface area contributed by atoms with Crippen molar-refractivity contribution in [2.24, 2.45) is 0 Å². The molecule has 20 aromatic rings. The first-order valence-electron chi connectivity index (χ1n) is 47.6. The molecule has 14 aromatic carbocycles. The minimum Gasteiger partial charge on any atom is -0.613 e. The van der Waals surface area contributed by atoms with Crippen LogP contribution >= 0.6 is 0 Å². The molecular weight excluding hydrogens is 1900 g/mol. The number of carbonyl (C=O) groups is 2. The van der Waals surface area contributed by atoms with Gasteiger partial charge in [-0.25, -0.2) is 40.2 Å². The van der Waals surface area contributed by atoms with Gasteiger partial charge in [-0.05, 0) is 108 Å². The zero-order valence-electron chi connectivity index (χ0n) is 81.4. The maximum absolute atomic E-state index is 11.7. The third-order valence-corrected chi connectivity index (χ3v) is 23.2. The van der Waals surface area contributed by atoms with Crippen LogP contribution in [0.5, 0.6) is 0 Å². The van der Waals surface area contributed by atoms with Crippen LogP contribution in [0, 0.1) is 22.7 Å². The molecule has 0 aliphatic rings. The number of rotatable bonds is 28. The number of nitriles is 2. The molecule has 0 unspecified atom stereocenters. The minimum absolute atomic E-state index is 0. The van der Waals surface area contributed by atoms with Gasteiger partial charge in [-0.15, -0.1) is 0 Å². The van der Waals surface area contributed by atoms with Crippen molar-refractivity contribution in [1.29, 1.82) is 10.5 Å². The van der Waals surface area contributed by atoms with Crippen molar-refractivity contribution in [3.63, 3.8) is 0 Å². The van der Waals surface area contributed by atoms with Gasteiger partial charge in [0.15, 0.2) is 0 Å². The summed E-state index contributed by atoms with van der Waals surface area (Å²) in [6.45, 7) is 10.5. The van der Waals surface area contributed by atoms with Gasteiger partial charge in [-0.1, -0.05) is 438 Å². The predicted molar refractivity (Wildman–Crippen MR) is 571 cm³/mol. The molecule has 0 atom stereocenters. The Kier molecular flexibility index (Phi) is 38.7. The SMILES string of the molecule is CC#N.CC#N.CCOC(=O)/C(=C(\[O-])OCC)c1ccccc1.CCOC(=O)/C(=C(\[O-])OCC)c1ccccc1.[Fe+2].[Fe+2].c1ccc(-c2cc(-c3ccccc3)n([BH-](n3nc(-c4ccccc4)cc3-c3ccccc3)n3nc(-c4ccccc4)cc3-c3ccccc3)n2)cc1.c1ccc(-c2cc(-c3ccccc3)n([BH-](n3nc(-c4ccccc4)cc3-c3ccccc3)n3nc(-c4ccccc4)cc3-c3ccccc3)n2)cc1. The van der Waals surface area contributed by atoms with Gasteiger partial charge >= 0.3 is 60.3 Å². The van der Waals surface area contributed by atoms with Crippen molar-refractivity contribution in [1.82, 2.24) is 58.1 Å². The first-order chi connectivity index (χ1) is 70.8. The van der Waals surface area contributed by atoms with E-state index >= 15 is 0 Å². The molecular formula is C120H104B2Fe2N14O8. The standard InChI is InChI=1S/2C45H34BN6.2C13H16O4.2C2H3N.2Fe/c2*1-7-19-34(20-8-1)40-31-43(37-25-13-4-14-26-37)50(47-40)46(51-44(38-27-15-5-16-28-38)32-41(48-51)35-21-9-2-10-22-35)52-45(39-29-17-6-18-30-39)33-42(49-52)36-23-11-3-12-24-36;2*1-3-16-12(14)11(13(15)17-4-2)10-8-6-5-7-9-10;2*1-2-3;;/h2*1-33,46H;2*5-9,14H,3-4H2,1-2H3;2*1H3;;/q2*-1;;;;;2*+2/p-2/b;;2*12-11+;;;;. The molecule has 0 radical (unpaired) electrons. The third-order valence-electron chi connectivity index (χ3n) is 23.2. The van der Waals surface area contributed by atoms with Crippen LogP contribution in [0.1, 0.15) is 52.7 Å². The third kappa shape index (κ3) is 26.3. The van der Waals surface area contributed by atoms with E-state index in [4.69, 9.17) is 60.1 Å². The van der Waals surface area contributed by atoms with E-state index in [0.717, 1.165) is 135 Å². The van der Waals surface area contributed by atoms with Gasteiger partial charge in [-0.3, -0.25) is 0 Å². The zero-order valence-corrected chi connectivity index (χ0v) is 83.6. The molecule has 0 fully saturated rings. The first kappa shape index (κ1) is 105. The molecule has 0 aliphatic carbocycles. The smallest absolute Gasteiger partial charge is 0.613 e. The molecule has 6 heterocycles. The number of esters is 2. The van der Waals surface area contributed by atoms with E-state index in [1.165, 1.54) is 13.8 Å². The van der Waals surface area contributed by atoms with Crippen LogP contribution in [0.3, 0.4) is 0 Å². The number of carbonyl (C=O) groups excluding carboxylic acids is 2. The molecule has 0 N–H and O–H groups in total. The van der Waals surface area contributed by atoms with E-state index in [1.54, 1.807) is 100 Å². The van der Waals surface area contributed by atoms with Crippen molar-refractivity contribution >= 4 is 37.3 Å². The number of nitrogens with zero attached hydrogens (tertiary/aromatic N) is 14. The van der Waals surface area contributed by atoms with Gasteiger partial charge in [0.2, 0.25) is 0 Å². The van der Waals surface area contributed by atoms with E-state index < -0.39 is 38.1 Å². The average molecular weight is 2000 g/mol. The van der Waals surface area contributed by atoms with Crippen molar-refractivity contribution < 1.29 is 72.9 Å². The number of hydrogen-bond acceptors (Lipinski definition) is 16. The molecule has 20 rings (SSSR count). The van der Waals surface area contributed by atoms with E-state index in [1.807, 2.05) is 72.8 Å². The van der Waals surface area contributed by atoms with Crippen LogP contribution in [0.15, 0.2) is 473 Å². The van der Waals surface area contributed by atoms with Crippen LogP contribution in [0.25, 0.3) is 146 Å². The van der Waals surface area contributed by atoms with Crippen LogP contribution in [0.4, 0.5) is 0 Å². The molecule has 0 amide bonds. The summed E-state index contributed by atoms with van der Waals surface area (Å²) in [7, 11) is -3.92. The van der Waals surface area contributed by atoms with Crippen LogP contribution < -0.4 is 10.2 Å². The summed E-state index contributed by atoms with van der Waals surface area (Å²) in [4.78, 5) is 23.4. The molecule has 26 heteroatoms. The van der Waals surface area contributed by atoms with Crippen molar-refractivity contribution in [3.8, 4) is 147 Å². The summed E-state index contributed by atoms with van der Waals surface area (Å²) in [5.74, 6) is -2.62. The zero-order chi connectivity index (χ0) is 100. The van der Waals surface area contributed by atoms with Gasteiger partial charge in [0.25, 0.3) is 0 Å². The summed E-state index contributed by atoms with van der Waals surface area (Å²) >= 11 is 0. The number of benzene rings is 14. The van der Waals surface area contributed by atoms with Crippen molar-refractivity contribution in [2.45, 2.75) is 41.5 Å². The Bertz CT molecular complexity index is 6610. The number of hydrogen-bond donors (Lipinski definition) is 0. The van der Waals surface area contributed by atoms with Crippen LogP contribution in [-0.2, 0) is 62.7 Å². The van der Waals surface area contributed by atoms with Crippen LogP contribution in [-0.4, -0.2) is 111 Å². The topological polar surface area (TPSA) is 272 Å². The summed E-state index contributed by atoms with van der Waals surface area (Å²) in [6, 6.07) is 159. The Morgan fingerprint density at radius 2 is 0.370 bits per heavy atom. The van der Waals surface area contributed by atoms with E-state index in [0.29, 0.717) is 11.1 Å². The van der Waals surface area contributed by atoms with Crippen molar-refractivity contribution in [3.05, 3.63) is 484 Å². The first-order valence-corrected chi connectivity index (χ1v) is 47.6. The molecule has 724 valence electrons. The Hall–Kier alpha value is -17.9. The van der Waals surface area contributed by atoms with Gasteiger partial charge in [0, 0.05) is 81.4 Å². The monoisotopic (exact) mass is 2000 g/mol. The Balaban J connectivity index is 0.000000177. The fourth-order valence-electron chi connectivity index (χ4n) is 16.8. The fraction of sp³-hybridized carbons (Fsp3) is 0.0833. The second-order valence-corrected chi connectivity index (χ2v) is 32.5. The second-order valence-electron chi connectivity index (χ2n) is 32.5. The van der Waals surface area contributed by atoms with Crippen molar-refractivity contribution in [2.75, 3.05) is 26.4 Å². The number of aromatic nitrogens is 12. The molecule has 6 aromatic heterocycles. The van der Waals surface area contributed by atoms with E-state index in [2.05, 4.69) is 355 Å². The normalized spacial score (nSPS) is 10.8. The van der Waals surface area contributed by atoms with Gasteiger partial charge in [0.1, 0.15) is 0 Å². The molecule has 146 heavy (non-hydrogen) atoms. The summed E-state index contributed by atoms with van der Waals surface area (Å²) in [5.41, 5.74) is 24.6. The maximum atomic E-state index is 11.7. The fourth-order valence-corrected chi connectivity index (χ4v) is 16.8. The summed E-state index contributed by atoms with van der Waals surface area (Å²) in [5, 5.41) is 70.9. The molecule has 0 spiro atoms. The second kappa shape index (κ2) is 53.7. The molecule has 0 bridgehead atoms. The van der Waals surface area contributed by atoms with Gasteiger partial charge in [0.05, 0.1) is 82.6 Å². The molecule has 0 saturated heterocycles. The maximum Gasteiger partial charge on any atom is 2.00 e. The van der Waals surface area contributed by atoms with E-state index in [9.17, 15) is 19.8 Å². The Morgan fingerprint density at radius 1 is 0.240 bits per heavy atom. The van der Waals surface area contributed by atoms with Crippen LogP contribution in [0.2, 0.25) is 0 Å². The van der Waals surface area contributed by atoms with E-state index in [-0.39, 0.29) is 71.7 Å². The van der Waals surface area contributed by atoms with Gasteiger partial charge in [-0.2, -0.15) is 10.5 Å². The largest absolute Gasteiger partial charge is 2.00 e. The average Bonchev–Trinajstić information content (AvgIpc) is 1.59. The Labute approximate surface area is 872 Å². The summed E-state index contributed by atoms with van der Waals surface area (Å²) in [6.07, 6.45) is 0.